The zero-order chi connectivity index (χ0) is 16.8. The predicted octanol–water partition coefficient (Wildman–Crippen LogP) is 2.76. The van der Waals surface area contributed by atoms with Gasteiger partial charge < -0.3 is 10.1 Å². The molecule has 1 amide bonds. The average Bonchev–Trinajstić information content (AvgIpc) is 2.79. The Morgan fingerprint density at radius 1 is 1.39 bits per heavy atom. The molecule has 0 spiro atoms. The van der Waals surface area contributed by atoms with Crippen molar-refractivity contribution in [3.8, 4) is 5.75 Å². The summed E-state index contributed by atoms with van der Waals surface area (Å²) in [5.41, 5.74) is 2.69. The lowest BCUT2D eigenvalue weighted by molar-refractivity contribution is -0.116. The van der Waals surface area contributed by atoms with Gasteiger partial charge in [-0.2, -0.15) is 5.10 Å². The minimum Gasteiger partial charge on any atom is -0.497 e. The summed E-state index contributed by atoms with van der Waals surface area (Å²) < 4.78 is 6.69. The minimum atomic E-state index is -0.155. The minimum absolute atomic E-state index is 0.155. The number of methoxy groups -OCH3 is 1. The van der Waals surface area contributed by atoms with Gasteiger partial charge in [0.2, 0.25) is 5.91 Å². The van der Waals surface area contributed by atoms with Crippen LogP contribution in [0.1, 0.15) is 16.8 Å². The number of amides is 1. The number of aromatic nitrogens is 2. The van der Waals surface area contributed by atoms with Crippen LogP contribution in [-0.4, -0.2) is 29.3 Å². The summed E-state index contributed by atoms with van der Waals surface area (Å²) >= 11 is 6.11. The van der Waals surface area contributed by atoms with Crippen LogP contribution in [0.25, 0.3) is 6.08 Å². The fourth-order valence-electron chi connectivity index (χ4n) is 2.18. The number of aryl methyl sites for hydroxylation is 2. The van der Waals surface area contributed by atoms with E-state index in [1.54, 1.807) is 24.9 Å². The molecule has 0 aliphatic carbocycles. The molecule has 0 saturated heterocycles. The van der Waals surface area contributed by atoms with Gasteiger partial charge in [-0.1, -0.05) is 23.7 Å². The fraction of sp³-hybridized carbons (Fsp3) is 0.294. The summed E-state index contributed by atoms with van der Waals surface area (Å²) in [6.07, 6.45) is 3.92. The molecule has 1 aromatic heterocycles. The number of hydrogen-bond acceptors (Lipinski definition) is 3. The van der Waals surface area contributed by atoms with Gasteiger partial charge in [0, 0.05) is 25.2 Å². The van der Waals surface area contributed by atoms with Gasteiger partial charge in [0.15, 0.2) is 0 Å². The molecule has 1 aromatic carbocycles. The number of nitrogens with one attached hydrogen (secondary N) is 1. The van der Waals surface area contributed by atoms with E-state index >= 15 is 0 Å². The standard InChI is InChI=1S/C17H20ClN3O2/c1-12-15(17(18)21(2)20-12)8-9-16(22)19-11-10-13-4-6-14(23-3)7-5-13/h4-9H,10-11H2,1-3H3,(H,19,22)/b9-8+. The Morgan fingerprint density at radius 3 is 2.65 bits per heavy atom. The van der Waals surface area contributed by atoms with Crippen LogP contribution in [0.15, 0.2) is 30.3 Å². The topological polar surface area (TPSA) is 56.1 Å². The van der Waals surface area contributed by atoms with E-state index < -0.39 is 0 Å². The first-order chi connectivity index (χ1) is 11.0. The molecule has 0 bridgehead atoms. The second-order valence-corrected chi connectivity index (χ2v) is 5.49. The number of halogens is 1. The highest BCUT2D eigenvalue weighted by atomic mass is 35.5. The molecule has 0 radical (unpaired) electrons. The lowest BCUT2D eigenvalue weighted by atomic mass is 10.1. The molecule has 0 aliphatic heterocycles. The summed E-state index contributed by atoms with van der Waals surface area (Å²) in [6, 6.07) is 7.79. The molecule has 1 N–H and O–H groups in total. The lowest BCUT2D eigenvalue weighted by Crippen LogP contribution is -2.23. The van der Waals surface area contributed by atoms with Crippen LogP contribution in [-0.2, 0) is 18.3 Å². The lowest BCUT2D eigenvalue weighted by Gasteiger charge is -2.04. The molecule has 0 atom stereocenters. The zero-order valence-electron chi connectivity index (χ0n) is 13.5. The monoisotopic (exact) mass is 333 g/mol. The number of hydrogen-bond donors (Lipinski definition) is 1. The van der Waals surface area contributed by atoms with E-state index in [-0.39, 0.29) is 5.91 Å². The van der Waals surface area contributed by atoms with Crippen LogP contribution >= 0.6 is 11.6 Å². The quantitative estimate of drug-likeness (QED) is 0.827. The Hall–Kier alpha value is -2.27. The van der Waals surface area contributed by atoms with Crippen molar-refractivity contribution in [2.75, 3.05) is 13.7 Å². The molecule has 0 aliphatic rings. The van der Waals surface area contributed by atoms with Crippen molar-refractivity contribution >= 4 is 23.6 Å². The molecule has 1 heterocycles. The van der Waals surface area contributed by atoms with E-state index in [1.165, 1.54) is 6.08 Å². The van der Waals surface area contributed by atoms with Crippen molar-refractivity contribution in [2.45, 2.75) is 13.3 Å². The van der Waals surface area contributed by atoms with Crippen molar-refractivity contribution in [3.05, 3.63) is 52.3 Å². The van der Waals surface area contributed by atoms with Crippen LogP contribution in [0.4, 0.5) is 0 Å². The normalized spacial score (nSPS) is 11.0. The van der Waals surface area contributed by atoms with Gasteiger partial charge in [0.25, 0.3) is 0 Å². The first-order valence-corrected chi connectivity index (χ1v) is 7.67. The number of benzene rings is 1. The number of nitrogens with zero attached hydrogens (tertiary/aromatic N) is 2. The summed E-state index contributed by atoms with van der Waals surface area (Å²) in [6.45, 7) is 2.42. The van der Waals surface area contributed by atoms with Crippen molar-refractivity contribution in [1.29, 1.82) is 0 Å². The van der Waals surface area contributed by atoms with E-state index in [1.807, 2.05) is 31.2 Å². The van der Waals surface area contributed by atoms with E-state index in [4.69, 9.17) is 16.3 Å². The highest BCUT2D eigenvalue weighted by molar-refractivity contribution is 6.31. The SMILES string of the molecule is COc1ccc(CCNC(=O)/C=C/c2c(C)nn(C)c2Cl)cc1. The van der Waals surface area contributed by atoms with Crippen molar-refractivity contribution in [3.63, 3.8) is 0 Å². The van der Waals surface area contributed by atoms with Gasteiger partial charge in [0.05, 0.1) is 12.8 Å². The second-order valence-electron chi connectivity index (χ2n) is 5.14. The van der Waals surface area contributed by atoms with E-state index in [0.29, 0.717) is 11.7 Å². The highest BCUT2D eigenvalue weighted by Gasteiger charge is 2.08. The number of carbonyl (C=O) groups excluding carboxylic acids is 1. The maximum atomic E-state index is 11.8. The highest BCUT2D eigenvalue weighted by Crippen LogP contribution is 2.19. The molecule has 0 fully saturated rings. The predicted molar refractivity (Wildman–Crippen MR) is 91.7 cm³/mol. The van der Waals surface area contributed by atoms with Crippen molar-refractivity contribution in [1.82, 2.24) is 15.1 Å². The summed E-state index contributed by atoms with van der Waals surface area (Å²) in [4.78, 5) is 11.8. The third-order valence-electron chi connectivity index (χ3n) is 3.47. The average molecular weight is 334 g/mol. The Balaban J connectivity index is 1.83. The molecule has 122 valence electrons. The zero-order valence-corrected chi connectivity index (χ0v) is 14.2. The van der Waals surface area contributed by atoms with Crippen molar-refractivity contribution in [2.24, 2.45) is 7.05 Å². The van der Waals surface area contributed by atoms with Crippen LogP contribution in [0.5, 0.6) is 5.75 Å². The summed E-state index contributed by atoms with van der Waals surface area (Å²) in [7, 11) is 3.40. The maximum absolute atomic E-state index is 11.8. The van der Waals surface area contributed by atoms with Gasteiger partial charge in [-0.3, -0.25) is 9.48 Å². The first kappa shape index (κ1) is 17.1. The number of ether oxygens (including phenoxy) is 1. The van der Waals surface area contributed by atoms with Crippen molar-refractivity contribution < 1.29 is 9.53 Å². The summed E-state index contributed by atoms with van der Waals surface area (Å²) in [5, 5.41) is 7.56. The third-order valence-corrected chi connectivity index (χ3v) is 3.92. The van der Waals surface area contributed by atoms with E-state index in [0.717, 1.165) is 29.0 Å². The van der Waals surface area contributed by atoms with Gasteiger partial charge in [0.1, 0.15) is 10.9 Å². The third kappa shape index (κ3) is 4.60. The summed E-state index contributed by atoms with van der Waals surface area (Å²) in [5.74, 6) is 0.669. The number of carbonyl (C=O) groups is 1. The smallest absolute Gasteiger partial charge is 0.244 e. The Morgan fingerprint density at radius 2 is 2.09 bits per heavy atom. The molecule has 23 heavy (non-hydrogen) atoms. The molecule has 2 aromatic rings. The fourth-order valence-corrected chi connectivity index (χ4v) is 2.41. The molecule has 0 saturated carbocycles. The second kappa shape index (κ2) is 7.83. The van der Waals surface area contributed by atoms with Gasteiger partial charge in [-0.25, -0.2) is 0 Å². The van der Waals surface area contributed by atoms with Crippen LogP contribution < -0.4 is 10.1 Å². The van der Waals surface area contributed by atoms with Crippen LogP contribution in [0.3, 0.4) is 0 Å². The van der Waals surface area contributed by atoms with E-state index in [2.05, 4.69) is 10.4 Å². The molecule has 6 heteroatoms. The Labute approximate surface area is 140 Å². The van der Waals surface area contributed by atoms with Crippen LogP contribution in [0, 0.1) is 6.92 Å². The first-order valence-electron chi connectivity index (χ1n) is 7.29. The molecular formula is C17H20ClN3O2. The number of rotatable bonds is 6. The van der Waals surface area contributed by atoms with E-state index in [9.17, 15) is 4.79 Å². The Kier molecular flexibility index (Phi) is 5.82. The largest absolute Gasteiger partial charge is 0.497 e. The van der Waals surface area contributed by atoms with Gasteiger partial charge >= 0.3 is 0 Å². The van der Waals surface area contributed by atoms with Crippen LogP contribution in [0.2, 0.25) is 5.15 Å². The molecule has 0 unspecified atom stereocenters. The Bertz CT molecular complexity index is 705. The maximum Gasteiger partial charge on any atom is 0.244 e. The van der Waals surface area contributed by atoms with Gasteiger partial charge in [-0.15, -0.1) is 0 Å². The molecular weight excluding hydrogens is 314 g/mol. The van der Waals surface area contributed by atoms with Gasteiger partial charge in [-0.05, 0) is 37.1 Å². The molecule has 5 nitrogen and oxygen atoms in total. The molecule has 2 rings (SSSR count).